The molecular weight excluding hydrogens is 405 g/mol. The van der Waals surface area contributed by atoms with Gasteiger partial charge in [-0.1, -0.05) is 19.0 Å². The zero-order chi connectivity index (χ0) is 16.1. The molecule has 0 saturated heterocycles. The summed E-state index contributed by atoms with van der Waals surface area (Å²) in [5.74, 6) is 2.01. The minimum Gasteiger partial charge on any atom is -0.359 e. The summed E-state index contributed by atoms with van der Waals surface area (Å²) in [7, 11) is 5.84. The van der Waals surface area contributed by atoms with Gasteiger partial charge in [-0.3, -0.25) is 4.99 Å². The number of rotatable bonds is 5. The van der Waals surface area contributed by atoms with Crippen LogP contribution in [-0.2, 0) is 20.1 Å². The van der Waals surface area contributed by atoms with Crippen molar-refractivity contribution >= 4 is 29.9 Å². The monoisotopic (exact) mass is 431 g/mol. The molecule has 2 aromatic rings. The van der Waals surface area contributed by atoms with Crippen LogP contribution in [0.1, 0.15) is 36.9 Å². The molecule has 0 spiro atoms. The average Bonchev–Trinajstić information content (AvgIpc) is 3.10. The lowest BCUT2D eigenvalue weighted by molar-refractivity contribution is 0.368. The molecule has 7 heteroatoms. The standard InChI is InChI=1S/C16H25N5O.HI/c1-12(2)15-9-14(22-19-15)10-18-16(17-3)21(5)11-13-7-6-8-20(13)4;/h6-9,12H,10-11H2,1-5H3,(H,17,18);1H. The van der Waals surface area contributed by atoms with Crippen molar-refractivity contribution in [3.8, 4) is 0 Å². The second-order valence-electron chi connectivity index (χ2n) is 5.74. The number of aromatic nitrogens is 2. The second-order valence-corrected chi connectivity index (χ2v) is 5.74. The van der Waals surface area contributed by atoms with Gasteiger partial charge in [0.2, 0.25) is 0 Å². The highest BCUT2D eigenvalue weighted by molar-refractivity contribution is 14.0. The van der Waals surface area contributed by atoms with Gasteiger partial charge >= 0.3 is 0 Å². The van der Waals surface area contributed by atoms with Gasteiger partial charge in [0, 0.05) is 39.1 Å². The molecule has 0 unspecified atom stereocenters. The summed E-state index contributed by atoms with van der Waals surface area (Å²) in [5, 5.41) is 7.37. The first-order valence-electron chi connectivity index (χ1n) is 7.48. The number of aryl methyl sites for hydroxylation is 1. The maximum atomic E-state index is 5.34. The Balaban J connectivity index is 0.00000264. The highest BCUT2D eigenvalue weighted by atomic mass is 127. The molecule has 2 rings (SSSR count). The number of aliphatic imine (C=N–C) groups is 1. The Kier molecular flexibility index (Phi) is 7.60. The molecule has 0 saturated carbocycles. The Hall–Kier alpha value is -1.51. The summed E-state index contributed by atoms with van der Waals surface area (Å²) < 4.78 is 7.44. The summed E-state index contributed by atoms with van der Waals surface area (Å²) in [6.07, 6.45) is 2.04. The van der Waals surface area contributed by atoms with Gasteiger partial charge in [0.15, 0.2) is 11.7 Å². The van der Waals surface area contributed by atoms with Gasteiger partial charge in [-0.05, 0) is 18.1 Å². The van der Waals surface area contributed by atoms with Crippen molar-refractivity contribution in [3.63, 3.8) is 0 Å². The number of halogens is 1. The molecule has 2 aromatic heterocycles. The number of guanidine groups is 1. The van der Waals surface area contributed by atoms with Crippen molar-refractivity contribution in [2.45, 2.75) is 32.9 Å². The van der Waals surface area contributed by atoms with Gasteiger partial charge in [-0.25, -0.2) is 0 Å². The number of hydrogen-bond acceptors (Lipinski definition) is 3. The highest BCUT2D eigenvalue weighted by Gasteiger charge is 2.11. The maximum Gasteiger partial charge on any atom is 0.194 e. The van der Waals surface area contributed by atoms with Crippen molar-refractivity contribution in [3.05, 3.63) is 41.5 Å². The molecule has 0 atom stereocenters. The van der Waals surface area contributed by atoms with Gasteiger partial charge in [0.25, 0.3) is 0 Å². The Morgan fingerprint density at radius 2 is 2.22 bits per heavy atom. The molecule has 0 aliphatic carbocycles. The van der Waals surface area contributed by atoms with E-state index in [4.69, 9.17) is 4.52 Å². The van der Waals surface area contributed by atoms with Crippen LogP contribution in [0.15, 0.2) is 33.9 Å². The lowest BCUT2D eigenvalue weighted by atomic mass is 10.1. The van der Waals surface area contributed by atoms with E-state index in [9.17, 15) is 0 Å². The van der Waals surface area contributed by atoms with Crippen LogP contribution < -0.4 is 5.32 Å². The number of nitrogens with one attached hydrogen (secondary N) is 1. The first-order chi connectivity index (χ1) is 10.5. The SMILES string of the molecule is CN=C(NCc1cc(C(C)C)no1)N(C)Cc1cccn1C.I. The molecule has 23 heavy (non-hydrogen) atoms. The fourth-order valence-corrected chi connectivity index (χ4v) is 2.21. The smallest absolute Gasteiger partial charge is 0.194 e. The summed E-state index contributed by atoms with van der Waals surface area (Å²) >= 11 is 0. The molecule has 0 aliphatic rings. The second kappa shape index (κ2) is 8.95. The van der Waals surface area contributed by atoms with E-state index in [-0.39, 0.29) is 24.0 Å². The molecule has 0 aliphatic heterocycles. The molecular formula is C16H26IN5O. The van der Waals surface area contributed by atoms with Crippen LogP contribution in [0.25, 0.3) is 0 Å². The van der Waals surface area contributed by atoms with Crippen molar-refractivity contribution in [1.29, 1.82) is 0 Å². The van der Waals surface area contributed by atoms with Gasteiger partial charge in [-0.2, -0.15) is 0 Å². The van der Waals surface area contributed by atoms with Crippen LogP contribution in [0, 0.1) is 0 Å². The van der Waals surface area contributed by atoms with Gasteiger partial charge in [0.05, 0.1) is 18.8 Å². The summed E-state index contributed by atoms with van der Waals surface area (Å²) in [6, 6.07) is 6.14. The van der Waals surface area contributed by atoms with E-state index >= 15 is 0 Å². The Labute approximate surface area is 155 Å². The quantitative estimate of drug-likeness (QED) is 0.450. The van der Waals surface area contributed by atoms with Gasteiger partial charge in [-0.15, -0.1) is 24.0 Å². The lowest BCUT2D eigenvalue weighted by Crippen LogP contribution is -2.38. The largest absolute Gasteiger partial charge is 0.359 e. The van der Waals surface area contributed by atoms with Crippen LogP contribution >= 0.6 is 24.0 Å². The minimum absolute atomic E-state index is 0. The van der Waals surface area contributed by atoms with Crippen molar-refractivity contribution in [2.75, 3.05) is 14.1 Å². The Morgan fingerprint density at radius 3 is 2.74 bits per heavy atom. The lowest BCUT2D eigenvalue weighted by Gasteiger charge is -2.21. The van der Waals surface area contributed by atoms with E-state index in [1.54, 1.807) is 7.05 Å². The van der Waals surface area contributed by atoms with E-state index in [2.05, 4.69) is 44.8 Å². The first kappa shape index (κ1) is 19.5. The van der Waals surface area contributed by atoms with Crippen LogP contribution in [0.3, 0.4) is 0 Å². The Morgan fingerprint density at radius 1 is 1.48 bits per heavy atom. The molecule has 6 nitrogen and oxygen atoms in total. The summed E-state index contributed by atoms with van der Waals surface area (Å²) in [4.78, 5) is 6.39. The fraction of sp³-hybridized carbons (Fsp3) is 0.500. The predicted molar refractivity (Wildman–Crippen MR) is 103 cm³/mol. The minimum atomic E-state index is 0. The molecule has 1 N–H and O–H groups in total. The van der Waals surface area contributed by atoms with Crippen molar-refractivity contribution in [1.82, 2.24) is 19.9 Å². The van der Waals surface area contributed by atoms with Crippen LogP contribution in [0.2, 0.25) is 0 Å². The average molecular weight is 431 g/mol. The third-order valence-electron chi connectivity index (χ3n) is 3.61. The Bertz CT molecular complexity index is 632. The molecule has 128 valence electrons. The van der Waals surface area contributed by atoms with Crippen LogP contribution in [-0.4, -0.2) is 34.7 Å². The molecule has 0 amide bonds. The van der Waals surface area contributed by atoms with Crippen LogP contribution in [0.4, 0.5) is 0 Å². The first-order valence-corrected chi connectivity index (χ1v) is 7.48. The van der Waals surface area contributed by atoms with Gasteiger partial charge < -0.3 is 19.3 Å². The van der Waals surface area contributed by atoms with Crippen LogP contribution in [0.5, 0.6) is 0 Å². The summed E-state index contributed by atoms with van der Waals surface area (Å²) in [5.41, 5.74) is 2.20. The van der Waals surface area contributed by atoms with E-state index in [1.807, 2.05) is 32.4 Å². The molecule has 0 bridgehead atoms. The zero-order valence-electron chi connectivity index (χ0n) is 14.4. The van der Waals surface area contributed by atoms with Crippen molar-refractivity contribution in [2.24, 2.45) is 12.0 Å². The van der Waals surface area contributed by atoms with E-state index in [1.165, 1.54) is 5.69 Å². The zero-order valence-corrected chi connectivity index (χ0v) is 16.7. The number of hydrogen-bond donors (Lipinski definition) is 1. The molecule has 0 fully saturated rings. The molecule has 0 radical (unpaired) electrons. The normalized spacial score (nSPS) is 11.5. The summed E-state index contributed by atoms with van der Waals surface area (Å²) in [6.45, 7) is 5.56. The van der Waals surface area contributed by atoms with Gasteiger partial charge in [0.1, 0.15) is 0 Å². The predicted octanol–water partition coefficient (Wildman–Crippen LogP) is 2.96. The fourth-order valence-electron chi connectivity index (χ4n) is 2.21. The van der Waals surface area contributed by atoms with E-state index in [0.717, 1.165) is 24.0 Å². The number of nitrogens with zero attached hydrogens (tertiary/aromatic N) is 4. The maximum absolute atomic E-state index is 5.34. The van der Waals surface area contributed by atoms with E-state index in [0.29, 0.717) is 12.5 Å². The van der Waals surface area contributed by atoms with E-state index < -0.39 is 0 Å². The highest BCUT2D eigenvalue weighted by Crippen LogP contribution is 2.13. The van der Waals surface area contributed by atoms with Crippen molar-refractivity contribution < 1.29 is 4.52 Å². The third-order valence-corrected chi connectivity index (χ3v) is 3.61. The topological polar surface area (TPSA) is 58.6 Å². The third kappa shape index (κ3) is 5.26. The molecule has 2 heterocycles. The molecule has 0 aromatic carbocycles.